The molecule has 1 unspecified atom stereocenters. The second-order valence-corrected chi connectivity index (χ2v) is 4.89. The maximum atomic E-state index is 6.19. The van der Waals surface area contributed by atoms with Gasteiger partial charge < -0.3 is 5.73 Å². The SMILES string of the molecule is CCCCCCC(N)c1cc(Cl)ccc1C. The zero-order valence-corrected chi connectivity index (χ0v) is 11.1. The van der Waals surface area contributed by atoms with Crippen LogP contribution in [0, 0.1) is 6.92 Å². The summed E-state index contributed by atoms with van der Waals surface area (Å²) in [5, 5.41) is 0.782. The van der Waals surface area contributed by atoms with Gasteiger partial charge in [-0.1, -0.05) is 50.3 Å². The molecule has 16 heavy (non-hydrogen) atoms. The fraction of sp³-hybridized carbons (Fsp3) is 0.571. The van der Waals surface area contributed by atoms with E-state index in [0.29, 0.717) is 0 Å². The van der Waals surface area contributed by atoms with Crippen molar-refractivity contribution < 1.29 is 0 Å². The fourth-order valence-corrected chi connectivity index (χ4v) is 2.14. The van der Waals surface area contributed by atoms with Crippen LogP contribution in [0.5, 0.6) is 0 Å². The summed E-state index contributed by atoms with van der Waals surface area (Å²) in [6, 6.07) is 6.10. The Morgan fingerprint density at radius 1 is 1.25 bits per heavy atom. The Hall–Kier alpha value is -0.530. The molecule has 0 amide bonds. The van der Waals surface area contributed by atoms with Crippen LogP contribution in [-0.2, 0) is 0 Å². The average Bonchev–Trinajstić information content (AvgIpc) is 2.27. The third kappa shape index (κ3) is 4.15. The van der Waals surface area contributed by atoms with Crippen molar-refractivity contribution >= 4 is 11.6 Å². The minimum atomic E-state index is 0.135. The number of rotatable bonds is 6. The number of nitrogens with two attached hydrogens (primary N) is 1. The zero-order chi connectivity index (χ0) is 12.0. The molecule has 0 saturated heterocycles. The Balaban J connectivity index is 2.51. The number of hydrogen-bond acceptors (Lipinski definition) is 1. The van der Waals surface area contributed by atoms with Crippen LogP contribution >= 0.6 is 11.6 Å². The topological polar surface area (TPSA) is 26.0 Å². The van der Waals surface area contributed by atoms with E-state index in [-0.39, 0.29) is 6.04 Å². The smallest absolute Gasteiger partial charge is 0.0409 e. The molecule has 0 spiro atoms. The molecule has 1 nitrogen and oxygen atoms in total. The highest BCUT2D eigenvalue weighted by molar-refractivity contribution is 6.30. The molecule has 2 N–H and O–H groups in total. The Morgan fingerprint density at radius 3 is 2.69 bits per heavy atom. The first kappa shape index (κ1) is 13.5. The highest BCUT2D eigenvalue weighted by atomic mass is 35.5. The number of unbranched alkanes of at least 4 members (excludes halogenated alkanes) is 3. The van der Waals surface area contributed by atoms with E-state index >= 15 is 0 Å². The number of benzene rings is 1. The Morgan fingerprint density at radius 2 is 2.00 bits per heavy atom. The van der Waals surface area contributed by atoms with Gasteiger partial charge in [0.1, 0.15) is 0 Å². The standard InChI is InChI=1S/C14H22ClN/c1-3-4-5-6-7-14(16)13-10-12(15)9-8-11(13)2/h8-10,14H,3-7,16H2,1-2H3. The van der Waals surface area contributed by atoms with Gasteiger partial charge in [0, 0.05) is 11.1 Å². The van der Waals surface area contributed by atoms with Gasteiger partial charge in [-0.2, -0.15) is 0 Å². The van der Waals surface area contributed by atoms with Crippen molar-refractivity contribution in [1.29, 1.82) is 0 Å². The summed E-state index contributed by atoms with van der Waals surface area (Å²) >= 11 is 5.99. The quantitative estimate of drug-likeness (QED) is 0.721. The van der Waals surface area contributed by atoms with Crippen molar-refractivity contribution in [2.75, 3.05) is 0 Å². The van der Waals surface area contributed by atoms with Gasteiger partial charge in [0.15, 0.2) is 0 Å². The number of hydrogen-bond donors (Lipinski definition) is 1. The van der Waals surface area contributed by atoms with Crippen molar-refractivity contribution in [2.24, 2.45) is 5.73 Å². The molecule has 0 aliphatic heterocycles. The lowest BCUT2D eigenvalue weighted by Crippen LogP contribution is -2.11. The third-order valence-electron chi connectivity index (χ3n) is 3.01. The third-order valence-corrected chi connectivity index (χ3v) is 3.24. The molecule has 0 fully saturated rings. The van der Waals surface area contributed by atoms with E-state index in [1.807, 2.05) is 18.2 Å². The number of halogens is 1. The first-order valence-corrected chi connectivity index (χ1v) is 6.54. The minimum Gasteiger partial charge on any atom is -0.324 e. The lowest BCUT2D eigenvalue weighted by Gasteiger charge is -2.15. The summed E-state index contributed by atoms with van der Waals surface area (Å²) < 4.78 is 0. The van der Waals surface area contributed by atoms with E-state index in [0.717, 1.165) is 11.4 Å². The molecular weight excluding hydrogens is 218 g/mol. The Labute approximate surface area is 104 Å². The zero-order valence-electron chi connectivity index (χ0n) is 10.3. The van der Waals surface area contributed by atoms with Crippen molar-refractivity contribution in [1.82, 2.24) is 0 Å². The predicted molar refractivity (Wildman–Crippen MR) is 71.9 cm³/mol. The lowest BCUT2D eigenvalue weighted by molar-refractivity contribution is 0.564. The van der Waals surface area contributed by atoms with Crippen LogP contribution in [0.4, 0.5) is 0 Å². The Kier molecular flexibility index (Phi) is 5.86. The highest BCUT2D eigenvalue weighted by Gasteiger charge is 2.08. The summed E-state index contributed by atoms with van der Waals surface area (Å²) in [6.45, 7) is 4.32. The predicted octanol–water partition coefficient (Wildman–Crippen LogP) is 4.62. The molecule has 0 saturated carbocycles. The summed E-state index contributed by atoms with van der Waals surface area (Å²) in [5.74, 6) is 0. The summed E-state index contributed by atoms with van der Waals surface area (Å²) in [5.41, 5.74) is 8.63. The van der Waals surface area contributed by atoms with Gasteiger partial charge in [-0.15, -0.1) is 0 Å². The molecule has 0 aliphatic rings. The van der Waals surface area contributed by atoms with Crippen molar-refractivity contribution in [3.63, 3.8) is 0 Å². The maximum Gasteiger partial charge on any atom is 0.0409 e. The van der Waals surface area contributed by atoms with Crippen LogP contribution in [0.1, 0.15) is 56.2 Å². The van der Waals surface area contributed by atoms with E-state index in [1.165, 1.54) is 36.8 Å². The van der Waals surface area contributed by atoms with Gasteiger partial charge in [0.25, 0.3) is 0 Å². The molecular formula is C14H22ClN. The van der Waals surface area contributed by atoms with E-state index in [9.17, 15) is 0 Å². The molecule has 0 heterocycles. The molecule has 0 aromatic heterocycles. The van der Waals surface area contributed by atoms with Crippen LogP contribution in [0.3, 0.4) is 0 Å². The van der Waals surface area contributed by atoms with Crippen molar-refractivity contribution in [2.45, 2.75) is 52.0 Å². The molecule has 1 aromatic rings. The van der Waals surface area contributed by atoms with E-state index in [1.54, 1.807) is 0 Å². The van der Waals surface area contributed by atoms with Crippen LogP contribution in [0.25, 0.3) is 0 Å². The molecule has 90 valence electrons. The Bertz CT molecular complexity index is 323. The molecule has 0 aliphatic carbocycles. The first-order valence-electron chi connectivity index (χ1n) is 6.16. The van der Waals surface area contributed by atoms with E-state index in [4.69, 9.17) is 17.3 Å². The minimum absolute atomic E-state index is 0.135. The molecule has 0 radical (unpaired) electrons. The second kappa shape index (κ2) is 6.93. The van der Waals surface area contributed by atoms with Crippen LogP contribution < -0.4 is 5.73 Å². The van der Waals surface area contributed by atoms with Gasteiger partial charge in [-0.05, 0) is 36.6 Å². The van der Waals surface area contributed by atoms with E-state index in [2.05, 4.69) is 13.8 Å². The molecule has 1 atom stereocenters. The summed E-state index contributed by atoms with van der Waals surface area (Å²) in [7, 11) is 0. The van der Waals surface area contributed by atoms with Gasteiger partial charge in [0.2, 0.25) is 0 Å². The fourth-order valence-electron chi connectivity index (χ4n) is 1.96. The largest absolute Gasteiger partial charge is 0.324 e. The average molecular weight is 240 g/mol. The van der Waals surface area contributed by atoms with Crippen molar-refractivity contribution in [3.05, 3.63) is 34.3 Å². The van der Waals surface area contributed by atoms with Crippen molar-refractivity contribution in [3.8, 4) is 0 Å². The van der Waals surface area contributed by atoms with Crippen LogP contribution in [-0.4, -0.2) is 0 Å². The van der Waals surface area contributed by atoms with Gasteiger partial charge in [0.05, 0.1) is 0 Å². The summed E-state index contributed by atoms with van der Waals surface area (Å²) in [4.78, 5) is 0. The molecule has 2 heteroatoms. The second-order valence-electron chi connectivity index (χ2n) is 4.46. The maximum absolute atomic E-state index is 6.19. The molecule has 0 bridgehead atoms. The lowest BCUT2D eigenvalue weighted by atomic mass is 9.97. The highest BCUT2D eigenvalue weighted by Crippen LogP contribution is 2.24. The molecule has 1 rings (SSSR count). The van der Waals surface area contributed by atoms with Crippen LogP contribution in [0.2, 0.25) is 5.02 Å². The van der Waals surface area contributed by atoms with E-state index < -0.39 is 0 Å². The number of aryl methyl sites for hydroxylation is 1. The monoisotopic (exact) mass is 239 g/mol. The van der Waals surface area contributed by atoms with Gasteiger partial charge in [-0.25, -0.2) is 0 Å². The van der Waals surface area contributed by atoms with Gasteiger partial charge in [-0.3, -0.25) is 0 Å². The molecule has 1 aromatic carbocycles. The van der Waals surface area contributed by atoms with Gasteiger partial charge >= 0.3 is 0 Å². The normalized spacial score (nSPS) is 12.8. The first-order chi connectivity index (χ1) is 7.65. The summed E-state index contributed by atoms with van der Waals surface area (Å²) in [6.07, 6.45) is 6.12. The van der Waals surface area contributed by atoms with Crippen LogP contribution in [0.15, 0.2) is 18.2 Å².